The zero-order chi connectivity index (χ0) is 13.8. The molecule has 1 rings (SSSR count). The maximum atomic E-state index is 11.5. The molecule has 0 aliphatic heterocycles. The minimum absolute atomic E-state index is 0.112. The first-order valence-corrected chi connectivity index (χ1v) is 7.61. The first-order valence-electron chi connectivity index (χ1n) is 6.00. The van der Waals surface area contributed by atoms with Crippen LogP contribution < -0.4 is 5.32 Å². The van der Waals surface area contributed by atoms with Crippen molar-refractivity contribution in [2.24, 2.45) is 0 Å². The van der Waals surface area contributed by atoms with E-state index in [4.69, 9.17) is 4.74 Å². The third-order valence-corrected chi connectivity index (χ3v) is 3.90. The smallest absolute Gasteiger partial charge is 0.407 e. The van der Waals surface area contributed by atoms with Crippen LogP contribution in [0.3, 0.4) is 0 Å². The Morgan fingerprint density at radius 2 is 2.17 bits per heavy atom. The summed E-state index contributed by atoms with van der Waals surface area (Å²) in [6.07, 6.45) is 1.53. The molecule has 102 valence electrons. The third kappa shape index (κ3) is 6.40. The fraction of sp³-hybridized carbons (Fsp3) is 0.615. The Hall–Kier alpha value is -0.550. The molecule has 0 saturated heterocycles. The van der Waals surface area contributed by atoms with Crippen LogP contribution in [0.4, 0.5) is 4.79 Å². The second-order valence-corrected chi connectivity index (χ2v) is 7.84. The first kappa shape index (κ1) is 15.5. The molecule has 0 bridgehead atoms. The number of amides is 1. The van der Waals surface area contributed by atoms with Crippen molar-refractivity contribution in [1.82, 2.24) is 5.32 Å². The lowest BCUT2D eigenvalue weighted by Crippen LogP contribution is -2.37. The number of carbonyl (C=O) groups is 1. The molecule has 1 atom stereocenters. The Bertz CT molecular complexity index is 398. The lowest BCUT2D eigenvalue weighted by Gasteiger charge is -2.21. The van der Waals surface area contributed by atoms with E-state index in [9.17, 15) is 4.79 Å². The normalized spacial score (nSPS) is 13.2. The van der Waals surface area contributed by atoms with Crippen molar-refractivity contribution in [3.8, 4) is 0 Å². The van der Waals surface area contributed by atoms with E-state index in [0.29, 0.717) is 0 Å². The Balaban J connectivity index is 2.29. The maximum absolute atomic E-state index is 11.5. The van der Waals surface area contributed by atoms with E-state index in [0.717, 1.165) is 16.6 Å². The molecule has 0 fully saturated rings. The van der Waals surface area contributed by atoms with Crippen molar-refractivity contribution < 1.29 is 9.53 Å². The molecule has 0 saturated carbocycles. The summed E-state index contributed by atoms with van der Waals surface area (Å²) in [6, 6.07) is 4.27. The molecule has 5 heteroatoms. The Morgan fingerprint density at radius 1 is 1.50 bits per heavy atom. The molecular formula is C13H20BrNO2S. The molecule has 1 heterocycles. The van der Waals surface area contributed by atoms with Crippen LogP contribution in [0.25, 0.3) is 0 Å². The van der Waals surface area contributed by atoms with Crippen LogP contribution >= 0.6 is 27.3 Å². The largest absolute Gasteiger partial charge is 0.444 e. The van der Waals surface area contributed by atoms with Crippen molar-refractivity contribution in [3.63, 3.8) is 0 Å². The van der Waals surface area contributed by atoms with E-state index < -0.39 is 5.60 Å². The molecule has 18 heavy (non-hydrogen) atoms. The molecule has 3 nitrogen and oxygen atoms in total. The minimum atomic E-state index is -0.442. The summed E-state index contributed by atoms with van der Waals surface area (Å²) >= 11 is 5.17. The Labute approximate surface area is 121 Å². The number of aryl methyl sites for hydroxylation is 1. The highest BCUT2D eigenvalue weighted by molar-refractivity contribution is 9.11. The molecule has 0 radical (unpaired) electrons. The fourth-order valence-corrected chi connectivity index (χ4v) is 2.92. The van der Waals surface area contributed by atoms with Gasteiger partial charge in [0.2, 0.25) is 0 Å². The van der Waals surface area contributed by atoms with E-state index in [-0.39, 0.29) is 12.1 Å². The molecule has 1 unspecified atom stereocenters. The van der Waals surface area contributed by atoms with Gasteiger partial charge in [0.25, 0.3) is 0 Å². The summed E-state index contributed by atoms with van der Waals surface area (Å²) in [5.41, 5.74) is -0.442. The minimum Gasteiger partial charge on any atom is -0.444 e. The van der Waals surface area contributed by atoms with Gasteiger partial charge in [0.15, 0.2) is 0 Å². The van der Waals surface area contributed by atoms with Gasteiger partial charge in [-0.2, -0.15) is 0 Å². The van der Waals surface area contributed by atoms with E-state index in [1.165, 1.54) is 4.88 Å². The van der Waals surface area contributed by atoms with Crippen molar-refractivity contribution >= 4 is 33.4 Å². The number of rotatable bonds is 4. The van der Waals surface area contributed by atoms with Crippen LogP contribution in [-0.2, 0) is 11.2 Å². The van der Waals surface area contributed by atoms with Crippen LogP contribution in [-0.4, -0.2) is 17.7 Å². The third-order valence-electron chi connectivity index (χ3n) is 2.22. The number of thiophene rings is 1. The first-order chi connectivity index (χ1) is 8.26. The van der Waals surface area contributed by atoms with Crippen LogP contribution in [0, 0.1) is 0 Å². The average molecular weight is 334 g/mol. The topological polar surface area (TPSA) is 38.3 Å². The summed E-state index contributed by atoms with van der Waals surface area (Å²) < 4.78 is 6.35. The highest BCUT2D eigenvalue weighted by Crippen LogP contribution is 2.23. The highest BCUT2D eigenvalue weighted by atomic mass is 79.9. The van der Waals surface area contributed by atoms with Gasteiger partial charge in [0.05, 0.1) is 3.79 Å². The fourth-order valence-electron chi connectivity index (χ4n) is 1.43. The van der Waals surface area contributed by atoms with Gasteiger partial charge in [-0.3, -0.25) is 0 Å². The predicted molar refractivity (Wildman–Crippen MR) is 79.2 cm³/mol. The molecular weight excluding hydrogens is 314 g/mol. The molecule has 0 aliphatic carbocycles. The standard InChI is InChI=1S/C13H20BrNO2S/c1-9(15-12(16)17-13(2,3)4)5-6-10-7-8-11(14)18-10/h7-9H,5-6H2,1-4H3,(H,15,16). The second-order valence-electron chi connectivity index (χ2n) is 5.29. The number of hydrogen-bond donors (Lipinski definition) is 1. The Kier molecular flexibility index (Phi) is 5.66. The summed E-state index contributed by atoms with van der Waals surface area (Å²) in [4.78, 5) is 12.9. The van der Waals surface area contributed by atoms with Crippen LogP contribution in [0.2, 0.25) is 0 Å². The molecule has 0 spiro atoms. The summed E-state index contributed by atoms with van der Waals surface area (Å²) in [5, 5.41) is 2.85. The zero-order valence-electron chi connectivity index (χ0n) is 11.2. The van der Waals surface area contributed by atoms with Gasteiger partial charge in [-0.25, -0.2) is 4.79 Å². The number of alkyl carbamates (subject to hydrolysis) is 1. The molecule has 1 aromatic heterocycles. The molecule has 1 amide bonds. The quantitative estimate of drug-likeness (QED) is 0.889. The van der Waals surface area contributed by atoms with Gasteiger partial charge in [-0.1, -0.05) is 0 Å². The molecule has 0 aliphatic rings. The zero-order valence-corrected chi connectivity index (χ0v) is 13.7. The number of nitrogens with one attached hydrogen (secondary N) is 1. The van der Waals surface area contributed by atoms with Crippen LogP contribution in [0.1, 0.15) is 39.0 Å². The van der Waals surface area contributed by atoms with Crippen molar-refractivity contribution in [3.05, 3.63) is 20.8 Å². The van der Waals surface area contributed by atoms with Gasteiger partial charge >= 0.3 is 6.09 Å². The Morgan fingerprint density at radius 3 is 2.67 bits per heavy atom. The lowest BCUT2D eigenvalue weighted by molar-refractivity contribution is 0.0506. The van der Waals surface area contributed by atoms with E-state index >= 15 is 0 Å². The summed E-state index contributed by atoms with van der Waals surface area (Å²) in [6.45, 7) is 7.58. The molecule has 1 N–H and O–H groups in total. The summed E-state index contributed by atoms with van der Waals surface area (Å²) in [5.74, 6) is 0. The summed E-state index contributed by atoms with van der Waals surface area (Å²) in [7, 11) is 0. The molecule has 0 aromatic carbocycles. The predicted octanol–water partition coefficient (Wildman–Crippen LogP) is 4.36. The van der Waals surface area contributed by atoms with Gasteiger partial charge in [0, 0.05) is 10.9 Å². The number of halogens is 1. The highest BCUT2D eigenvalue weighted by Gasteiger charge is 2.17. The molecule has 1 aromatic rings. The van der Waals surface area contributed by atoms with Crippen molar-refractivity contribution in [2.75, 3.05) is 0 Å². The van der Waals surface area contributed by atoms with Gasteiger partial charge < -0.3 is 10.1 Å². The van der Waals surface area contributed by atoms with Crippen molar-refractivity contribution in [2.45, 2.75) is 52.2 Å². The number of hydrogen-bond acceptors (Lipinski definition) is 3. The van der Waals surface area contributed by atoms with E-state index in [1.54, 1.807) is 11.3 Å². The average Bonchev–Trinajstić information content (AvgIpc) is 2.58. The monoisotopic (exact) mass is 333 g/mol. The number of ether oxygens (including phenoxy) is 1. The van der Waals surface area contributed by atoms with Gasteiger partial charge in [0.1, 0.15) is 5.60 Å². The van der Waals surface area contributed by atoms with Crippen molar-refractivity contribution in [1.29, 1.82) is 0 Å². The maximum Gasteiger partial charge on any atom is 0.407 e. The van der Waals surface area contributed by atoms with Gasteiger partial charge in [-0.05, 0) is 68.6 Å². The lowest BCUT2D eigenvalue weighted by atomic mass is 10.1. The van der Waals surface area contributed by atoms with Crippen LogP contribution in [0.15, 0.2) is 15.9 Å². The van der Waals surface area contributed by atoms with E-state index in [1.807, 2.05) is 33.8 Å². The van der Waals surface area contributed by atoms with Gasteiger partial charge in [-0.15, -0.1) is 11.3 Å². The van der Waals surface area contributed by atoms with Crippen LogP contribution in [0.5, 0.6) is 0 Å². The number of carbonyl (C=O) groups excluding carboxylic acids is 1. The SMILES string of the molecule is CC(CCc1ccc(Br)s1)NC(=O)OC(C)(C)C. The van der Waals surface area contributed by atoms with E-state index in [2.05, 4.69) is 27.3 Å². The second kappa shape index (κ2) is 6.57.